The fourth-order valence-electron chi connectivity index (χ4n) is 2.29. The van der Waals surface area contributed by atoms with Crippen molar-refractivity contribution in [1.82, 2.24) is 10.2 Å². The molecule has 1 rings (SSSR count). The summed E-state index contributed by atoms with van der Waals surface area (Å²) in [5.74, 6) is 0.682. The molecule has 100 valence electrons. The van der Waals surface area contributed by atoms with Crippen LogP contribution in [-0.2, 0) is 4.79 Å². The second-order valence-electron chi connectivity index (χ2n) is 5.98. The molecule has 1 fully saturated rings. The zero-order valence-electron chi connectivity index (χ0n) is 11.3. The molecule has 2 N–H and O–H groups in total. The molecule has 0 unspecified atom stereocenters. The van der Waals surface area contributed by atoms with E-state index in [1.807, 2.05) is 0 Å². The fraction of sp³-hybridized carbons (Fsp3) is 0.923. The molecule has 0 aliphatic carbocycles. The van der Waals surface area contributed by atoms with Crippen LogP contribution in [0.3, 0.4) is 0 Å². The number of nitrogens with one attached hydrogen (secondary N) is 1. The molecule has 0 aromatic heterocycles. The Hall–Kier alpha value is -0.610. The van der Waals surface area contributed by atoms with Gasteiger partial charge in [0.2, 0.25) is 5.91 Å². The first kappa shape index (κ1) is 14.5. The lowest BCUT2D eigenvalue weighted by molar-refractivity contribution is -0.119. The molecule has 0 atom stereocenters. The third kappa shape index (κ3) is 5.50. The predicted octanol–water partition coefficient (Wildman–Crippen LogP) is 0.853. The summed E-state index contributed by atoms with van der Waals surface area (Å²) in [6.45, 7) is 9.91. The number of aliphatic hydroxyl groups excluding tert-OH is 1. The first-order valence-electron chi connectivity index (χ1n) is 6.50. The van der Waals surface area contributed by atoms with Crippen LogP contribution in [0.5, 0.6) is 0 Å². The molecule has 4 nitrogen and oxygen atoms in total. The van der Waals surface area contributed by atoms with Gasteiger partial charge < -0.3 is 15.3 Å². The van der Waals surface area contributed by atoms with E-state index < -0.39 is 0 Å². The minimum Gasteiger partial charge on any atom is -0.396 e. The highest BCUT2D eigenvalue weighted by atomic mass is 16.3. The van der Waals surface area contributed by atoms with E-state index in [9.17, 15) is 9.90 Å². The van der Waals surface area contributed by atoms with Crippen LogP contribution in [0.1, 0.15) is 33.6 Å². The number of carbonyl (C=O) groups excluding carboxylic acids is 1. The summed E-state index contributed by atoms with van der Waals surface area (Å²) in [6.07, 6.45) is 2.28. The normalized spacial score (nSPS) is 19.3. The minimum atomic E-state index is -0.00945. The molecule has 1 saturated heterocycles. The van der Waals surface area contributed by atoms with Crippen LogP contribution >= 0.6 is 0 Å². The third-order valence-electron chi connectivity index (χ3n) is 3.43. The van der Waals surface area contributed by atoms with Gasteiger partial charge in [-0.1, -0.05) is 13.8 Å². The van der Waals surface area contributed by atoms with Crippen LogP contribution in [-0.4, -0.2) is 48.7 Å². The maximum atomic E-state index is 10.8. The molecule has 0 aromatic rings. The number of hydrogen-bond donors (Lipinski definition) is 2. The number of rotatable bonds is 5. The van der Waals surface area contributed by atoms with Gasteiger partial charge in [-0.2, -0.15) is 0 Å². The van der Waals surface area contributed by atoms with Crippen molar-refractivity contribution < 1.29 is 9.90 Å². The van der Waals surface area contributed by atoms with Gasteiger partial charge in [-0.05, 0) is 31.8 Å². The minimum absolute atomic E-state index is 0.00945. The van der Waals surface area contributed by atoms with Crippen molar-refractivity contribution in [2.75, 3.05) is 32.8 Å². The SMILES string of the molecule is CC(=O)NCC1CCN(CC(C)(C)CO)CC1. The highest BCUT2D eigenvalue weighted by Gasteiger charge is 2.25. The van der Waals surface area contributed by atoms with Crippen LogP contribution in [0.15, 0.2) is 0 Å². The van der Waals surface area contributed by atoms with Gasteiger partial charge >= 0.3 is 0 Å². The monoisotopic (exact) mass is 242 g/mol. The van der Waals surface area contributed by atoms with Crippen molar-refractivity contribution in [3.05, 3.63) is 0 Å². The second kappa shape index (κ2) is 6.36. The van der Waals surface area contributed by atoms with E-state index in [1.54, 1.807) is 6.92 Å². The molecule has 1 amide bonds. The maximum Gasteiger partial charge on any atom is 0.216 e. The van der Waals surface area contributed by atoms with Crippen molar-refractivity contribution >= 4 is 5.91 Å². The maximum absolute atomic E-state index is 10.8. The Morgan fingerprint density at radius 1 is 1.41 bits per heavy atom. The molecule has 1 aliphatic heterocycles. The Labute approximate surface area is 104 Å². The van der Waals surface area contributed by atoms with E-state index in [0.717, 1.165) is 39.0 Å². The Balaban J connectivity index is 2.24. The summed E-state index contributed by atoms with van der Waals surface area (Å²) < 4.78 is 0. The zero-order chi connectivity index (χ0) is 12.9. The molecular formula is C13H26N2O2. The lowest BCUT2D eigenvalue weighted by Crippen LogP contribution is -2.43. The van der Waals surface area contributed by atoms with Crippen molar-refractivity contribution in [3.8, 4) is 0 Å². The molecule has 4 heteroatoms. The van der Waals surface area contributed by atoms with Crippen LogP contribution in [0, 0.1) is 11.3 Å². The highest BCUT2D eigenvalue weighted by molar-refractivity contribution is 5.72. The highest BCUT2D eigenvalue weighted by Crippen LogP contribution is 2.21. The van der Waals surface area contributed by atoms with Crippen LogP contribution in [0.25, 0.3) is 0 Å². The molecule has 0 aromatic carbocycles. The lowest BCUT2D eigenvalue weighted by atomic mass is 9.91. The summed E-state index contributed by atoms with van der Waals surface area (Å²) in [5, 5.41) is 12.1. The number of nitrogens with zero attached hydrogens (tertiary/aromatic N) is 1. The van der Waals surface area contributed by atoms with Crippen LogP contribution in [0.2, 0.25) is 0 Å². The third-order valence-corrected chi connectivity index (χ3v) is 3.43. The van der Waals surface area contributed by atoms with E-state index in [1.165, 1.54) is 0 Å². The van der Waals surface area contributed by atoms with E-state index in [0.29, 0.717) is 5.92 Å². The quantitative estimate of drug-likeness (QED) is 0.751. The number of aliphatic hydroxyl groups is 1. The molecule has 1 aliphatic rings. The molecular weight excluding hydrogens is 216 g/mol. The van der Waals surface area contributed by atoms with Gasteiger partial charge in [0, 0.05) is 32.0 Å². The zero-order valence-corrected chi connectivity index (χ0v) is 11.3. The summed E-state index contributed by atoms with van der Waals surface area (Å²) in [5.41, 5.74) is -0.00945. The Kier molecular flexibility index (Phi) is 5.40. The number of amides is 1. The summed E-state index contributed by atoms with van der Waals surface area (Å²) >= 11 is 0. The molecule has 0 radical (unpaired) electrons. The Bertz CT molecular complexity index is 246. The van der Waals surface area contributed by atoms with Crippen molar-refractivity contribution in [1.29, 1.82) is 0 Å². The Morgan fingerprint density at radius 2 is 2.00 bits per heavy atom. The molecule has 0 bridgehead atoms. The number of hydrogen-bond acceptors (Lipinski definition) is 3. The van der Waals surface area contributed by atoms with Gasteiger partial charge in [0.25, 0.3) is 0 Å². The topological polar surface area (TPSA) is 52.6 Å². The predicted molar refractivity (Wildman–Crippen MR) is 68.7 cm³/mol. The number of carbonyl (C=O) groups is 1. The smallest absolute Gasteiger partial charge is 0.216 e. The van der Waals surface area contributed by atoms with E-state index in [-0.39, 0.29) is 17.9 Å². The summed E-state index contributed by atoms with van der Waals surface area (Å²) in [6, 6.07) is 0. The summed E-state index contributed by atoms with van der Waals surface area (Å²) in [4.78, 5) is 13.2. The average Bonchev–Trinajstić information content (AvgIpc) is 2.28. The first-order valence-corrected chi connectivity index (χ1v) is 6.50. The van der Waals surface area contributed by atoms with Crippen molar-refractivity contribution in [2.24, 2.45) is 11.3 Å². The van der Waals surface area contributed by atoms with Gasteiger partial charge in [-0.3, -0.25) is 4.79 Å². The van der Waals surface area contributed by atoms with Crippen molar-refractivity contribution in [2.45, 2.75) is 33.6 Å². The first-order chi connectivity index (χ1) is 7.93. The molecule has 17 heavy (non-hydrogen) atoms. The Morgan fingerprint density at radius 3 is 2.47 bits per heavy atom. The average molecular weight is 242 g/mol. The second-order valence-corrected chi connectivity index (χ2v) is 5.98. The van der Waals surface area contributed by atoms with Gasteiger partial charge in [0.05, 0.1) is 0 Å². The summed E-state index contributed by atoms with van der Waals surface area (Å²) in [7, 11) is 0. The van der Waals surface area contributed by atoms with E-state index in [4.69, 9.17) is 0 Å². The van der Waals surface area contributed by atoms with Gasteiger partial charge in [0.1, 0.15) is 0 Å². The van der Waals surface area contributed by atoms with Gasteiger partial charge in [-0.25, -0.2) is 0 Å². The van der Waals surface area contributed by atoms with E-state index in [2.05, 4.69) is 24.1 Å². The van der Waals surface area contributed by atoms with Crippen molar-refractivity contribution in [3.63, 3.8) is 0 Å². The van der Waals surface area contributed by atoms with E-state index >= 15 is 0 Å². The fourth-order valence-corrected chi connectivity index (χ4v) is 2.29. The van der Waals surface area contributed by atoms with Crippen LogP contribution < -0.4 is 5.32 Å². The molecule has 0 saturated carbocycles. The number of piperidine rings is 1. The van der Waals surface area contributed by atoms with Gasteiger partial charge in [0.15, 0.2) is 0 Å². The largest absolute Gasteiger partial charge is 0.396 e. The lowest BCUT2D eigenvalue weighted by Gasteiger charge is -2.36. The van der Waals surface area contributed by atoms with Gasteiger partial charge in [-0.15, -0.1) is 0 Å². The molecule has 0 spiro atoms. The standard InChI is InChI=1S/C13H26N2O2/c1-11(17)14-8-12-4-6-15(7-5-12)9-13(2,3)10-16/h12,16H,4-10H2,1-3H3,(H,14,17). The molecule has 1 heterocycles. The number of likely N-dealkylation sites (tertiary alicyclic amines) is 1. The van der Waals surface area contributed by atoms with Crippen LogP contribution in [0.4, 0.5) is 0 Å².